The van der Waals surface area contributed by atoms with E-state index in [2.05, 4.69) is 50.9 Å². The SMILES string of the molecule is CCNC(=NCc1ccc(C#N)cc1)N1CC(C)(C)C1(C)C.I. The Bertz CT molecular complexity index is 596. The number of guanidine groups is 1. The van der Waals surface area contributed by atoms with Gasteiger partial charge in [-0.3, -0.25) is 0 Å². The summed E-state index contributed by atoms with van der Waals surface area (Å²) in [6.07, 6.45) is 0. The molecule has 126 valence electrons. The summed E-state index contributed by atoms with van der Waals surface area (Å²) in [4.78, 5) is 7.12. The lowest BCUT2D eigenvalue weighted by Crippen LogP contribution is -2.72. The molecule has 2 rings (SSSR count). The van der Waals surface area contributed by atoms with Gasteiger partial charge >= 0.3 is 0 Å². The summed E-state index contributed by atoms with van der Waals surface area (Å²) < 4.78 is 0. The van der Waals surface area contributed by atoms with E-state index in [1.165, 1.54) is 0 Å². The van der Waals surface area contributed by atoms with E-state index >= 15 is 0 Å². The molecule has 1 aromatic rings. The van der Waals surface area contributed by atoms with E-state index < -0.39 is 0 Å². The number of nitrogens with zero attached hydrogens (tertiary/aromatic N) is 3. The second-order valence-corrected chi connectivity index (χ2v) is 7.01. The molecular weight excluding hydrogens is 399 g/mol. The van der Waals surface area contributed by atoms with Gasteiger partial charge in [0.2, 0.25) is 0 Å². The first-order chi connectivity index (χ1) is 10.3. The Morgan fingerprint density at radius 2 is 1.87 bits per heavy atom. The number of rotatable bonds is 3. The van der Waals surface area contributed by atoms with Crippen molar-refractivity contribution in [3.63, 3.8) is 0 Å². The van der Waals surface area contributed by atoms with E-state index in [-0.39, 0.29) is 34.9 Å². The minimum absolute atomic E-state index is 0. The number of nitriles is 1. The maximum atomic E-state index is 8.84. The minimum atomic E-state index is 0. The summed E-state index contributed by atoms with van der Waals surface area (Å²) in [5.74, 6) is 0.969. The van der Waals surface area contributed by atoms with Crippen LogP contribution in [0.2, 0.25) is 0 Å². The van der Waals surface area contributed by atoms with Crippen molar-refractivity contribution < 1.29 is 0 Å². The molecule has 0 atom stereocenters. The normalized spacial score (nSPS) is 18.4. The zero-order valence-electron chi connectivity index (χ0n) is 14.7. The summed E-state index contributed by atoms with van der Waals surface area (Å²) in [5, 5.41) is 12.2. The van der Waals surface area contributed by atoms with Gasteiger partial charge in [-0.25, -0.2) is 4.99 Å². The van der Waals surface area contributed by atoms with Crippen LogP contribution in [0.25, 0.3) is 0 Å². The molecule has 0 amide bonds. The van der Waals surface area contributed by atoms with Gasteiger partial charge in [-0.1, -0.05) is 26.0 Å². The number of halogens is 1. The lowest BCUT2D eigenvalue weighted by molar-refractivity contribution is -0.0667. The molecule has 1 saturated heterocycles. The van der Waals surface area contributed by atoms with Crippen LogP contribution in [0.15, 0.2) is 29.3 Å². The quantitative estimate of drug-likeness (QED) is 0.455. The Balaban J connectivity index is 0.00000264. The van der Waals surface area contributed by atoms with E-state index in [0.29, 0.717) is 12.1 Å². The van der Waals surface area contributed by atoms with Crippen LogP contribution in [0.1, 0.15) is 45.7 Å². The molecular formula is C18H27IN4. The van der Waals surface area contributed by atoms with Gasteiger partial charge in [-0.15, -0.1) is 24.0 Å². The summed E-state index contributed by atoms with van der Waals surface area (Å²) in [6, 6.07) is 9.76. The van der Waals surface area contributed by atoms with E-state index in [1.54, 1.807) is 0 Å². The molecule has 1 heterocycles. The topological polar surface area (TPSA) is 51.4 Å². The molecule has 0 spiro atoms. The van der Waals surface area contributed by atoms with Gasteiger partial charge in [0.1, 0.15) is 0 Å². The molecule has 0 unspecified atom stereocenters. The first kappa shape index (κ1) is 19.8. The largest absolute Gasteiger partial charge is 0.356 e. The number of nitrogens with one attached hydrogen (secondary N) is 1. The predicted molar refractivity (Wildman–Crippen MR) is 106 cm³/mol. The smallest absolute Gasteiger partial charge is 0.194 e. The Morgan fingerprint density at radius 1 is 1.26 bits per heavy atom. The maximum absolute atomic E-state index is 8.84. The third-order valence-electron chi connectivity index (χ3n) is 4.97. The van der Waals surface area contributed by atoms with E-state index in [0.717, 1.165) is 24.6 Å². The Hall–Kier alpha value is -1.29. The minimum Gasteiger partial charge on any atom is -0.356 e. The summed E-state index contributed by atoms with van der Waals surface area (Å²) in [5.41, 5.74) is 2.19. The van der Waals surface area contributed by atoms with Crippen LogP contribution >= 0.6 is 24.0 Å². The average Bonchev–Trinajstić information content (AvgIpc) is 2.50. The van der Waals surface area contributed by atoms with Crippen LogP contribution in [0.3, 0.4) is 0 Å². The molecule has 1 aliphatic rings. The van der Waals surface area contributed by atoms with Crippen molar-refractivity contribution in [2.75, 3.05) is 13.1 Å². The average molecular weight is 426 g/mol. The Morgan fingerprint density at radius 3 is 2.30 bits per heavy atom. The Labute approximate surface area is 157 Å². The molecule has 0 saturated carbocycles. The van der Waals surface area contributed by atoms with Crippen molar-refractivity contribution in [1.82, 2.24) is 10.2 Å². The van der Waals surface area contributed by atoms with Crippen LogP contribution in [-0.2, 0) is 6.54 Å². The highest BCUT2D eigenvalue weighted by Crippen LogP contribution is 2.46. The van der Waals surface area contributed by atoms with Crippen LogP contribution in [0, 0.1) is 16.7 Å². The molecule has 1 fully saturated rings. The van der Waals surface area contributed by atoms with Gasteiger partial charge in [0, 0.05) is 24.0 Å². The maximum Gasteiger partial charge on any atom is 0.194 e. The second kappa shape index (κ2) is 7.52. The molecule has 0 radical (unpaired) electrons. The zero-order valence-corrected chi connectivity index (χ0v) is 17.0. The van der Waals surface area contributed by atoms with Crippen LogP contribution in [-0.4, -0.2) is 29.5 Å². The molecule has 1 aliphatic heterocycles. The van der Waals surface area contributed by atoms with Crippen LogP contribution in [0.5, 0.6) is 0 Å². The monoisotopic (exact) mass is 426 g/mol. The lowest BCUT2D eigenvalue weighted by atomic mass is 9.65. The summed E-state index contributed by atoms with van der Waals surface area (Å²) >= 11 is 0. The number of benzene rings is 1. The van der Waals surface area contributed by atoms with Crippen LogP contribution in [0.4, 0.5) is 0 Å². The highest BCUT2D eigenvalue weighted by molar-refractivity contribution is 14.0. The molecule has 0 bridgehead atoms. The van der Waals surface area contributed by atoms with Crippen molar-refractivity contribution in [3.05, 3.63) is 35.4 Å². The first-order valence-electron chi connectivity index (χ1n) is 7.87. The molecule has 0 aliphatic carbocycles. The number of aliphatic imine (C=N–C) groups is 1. The van der Waals surface area contributed by atoms with Crippen molar-refractivity contribution in [3.8, 4) is 6.07 Å². The fraction of sp³-hybridized carbons (Fsp3) is 0.556. The Kier molecular flexibility index (Phi) is 6.46. The van der Waals surface area contributed by atoms with Crippen molar-refractivity contribution in [2.24, 2.45) is 10.4 Å². The molecule has 1 aromatic carbocycles. The van der Waals surface area contributed by atoms with Crippen molar-refractivity contribution in [2.45, 2.75) is 46.7 Å². The molecule has 23 heavy (non-hydrogen) atoms. The zero-order chi connectivity index (χ0) is 16.4. The lowest BCUT2D eigenvalue weighted by Gasteiger charge is -2.62. The summed E-state index contributed by atoms with van der Waals surface area (Å²) in [6.45, 7) is 13.7. The predicted octanol–water partition coefficient (Wildman–Crippen LogP) is 3.76. The molecule has 0 aromatic heterocycles. The highest BCUT2D eigenvalue weighted by atomic mass is 127. The van der Waals surface area contributed by atoms with Gasteiger partial charge in [0.15, 0.2) is 5.96 Å². The highest BCUT2D eigenvalue weighted by Gasteiger charge is 2.53. The molecule has 1 N–H and O–H groups in total. The molecule has 5 heteroatoms. The van der Waals surface area contributed by atoms with Gasteiger partial charge in [-0.05, 0) is 38.5 Å². The van der Waals surface area contributed by atoms with Gasteiger partial charge < -0.3 is 10.2 Å². The van der Waals surface area contributed by atoms with Gasteiger partial charge in [-0.2, -0.15) is 5.26 Å². The van der Waals surface area contributed by atoms with Crippen LogP contribution < -0.4 is 5.32 Å². The molecule has 4 nitrogen and oxygen atoms in total. The third-order valence-corrected chi connectivity index (χ3v) is 4.97. The second-order valence-electron chi connectivity index (χ2n) is 7.01. The number of hydrogen-bond donors (Lipinski definition) is 1. The fourth-order valence-corrected chi connectivity index (χ4v) is 2.65. The van der Waals surface area contributed by atoms with E-state index in [1.807, 2.05) is 24.3 Å². The third kappa shape index (κ3) is 3.97. The standard InChI is InChI=1S/C18H26N4.HI/c1-6-20-16(22-13-17(2,3)18(22,4)5)21-12-15-9-7-14(11-19)8-10-15;/h7-10H,6,12-13H2,1-5H3,(H,20,21);1H. The fourth-order valence-electron chi connectivity index (χ4n) is 2.65. The van der Waals surface area contributed by atoms with E-state index in [4.69, 9.17) is 10.3 Å². The van der Waals surface area contributed by atoms with Gasteiger partial charge in [0.25, 0.3) is 0 Å². The number of hydrogen-bond acceptors (Lipinski definition) is 2. The van der Waals surface area contributed by atoms with Crippen molar-refractivity contribution in [1.29, 1.82) is 5.26 Å². The summed E-state index contributed by atoms with van der Waals surface area (Å²) in [7, 11) is 0. The van der Waals surface area contributed by atoms with Gasteiger partial charge in [0.05, 0.1) is 18.2 Å². The van der Waals surface area contributed by atoms with E-state index in [9.17, 15) is 0 Å². The first-order valence-corrected chi connectivity index (χ1v) is 7.87. The van der Waals surface area contributed by atoms with Crippen molar-refractivity contribution >= 4 is 29.9 Å². The number of likely N-dealkylation sites (tertiary alicyclic amines) is 1.